The van der Waals surface area contributed by atoms with Gasteiger partial charge in [-0.25, -0.2) is 15.0 Å². The molecule has 24 heavy (non-hydrogen) atoms. The van der Waals surface area contributed by atoms with E-state index in [1.54, 1.807) is 6.33 Å². The van der Waals surface area contributed by atoms with Gasteiger partial charge in [-0.3, -0.25) is 0 Å². The van der Waals surface area contributed by atoms with E-state index in [4.69, 9.17) is 5.73 Å². The molecule has 0 aliphatic carbocycles. The van der Waals surface area contributed by atoms with Crippen molar-refractivity contribution < 1.29 is 0 Å². The van der Waals surface area contributed by atoms with Crippen LogP contribution in [0.5, 0.6) is 0 Å². The van der Waals surface area contributed by atoms with Crippen LogP contribution in [0.15, 0.2) is 60.9 Å². The van der Waals surface area contributed by atoms with E-state index in [2.05, 4.69) is 25.3 Å². The minimum Gasteiger partial charge on any atom is -0.399 e. The van der Waals surface area contributed by atoms with Gasteiger partial charge in [0, 0.05) is 17.3 Å². The van der Waals surface area contributed by atoms with Gasteiger partial charge in [0.25, 0.3) is 0 Å². The summed E-state index contributed by atoms with van der Waals surface area (Å²) in [5, 5.41) is 3.27. The van der Waals surface area contributed by atoms with Crippen molar-refractivity contribution in [2.75, 3.05) is 11.1 Å². The summed E-state index contributed by atoms with van der Waals surface area (Å²) in [6.07, 6.45) is 1.54. The number of anilines is 2. The zero-order chi connectivity index (χ0) is 16.4. The molecule has 118 valence electrons. The van der Waals surface area contributed by atoms with Crippen molar-refractivity contribution in [2.45, 2.75) is 6.54 Å². The second-order valence-electron chi connectivity index (χ2n) is 5.47. The summed E-state index contributed by atoms with van der Waals surface area (Å²) in [7, 11) is 0. The number of nitrogens with zero attached hydrogens (tertiary/aromatic N) is 3. The van der Waals surface area contributed by atoms with E-state index in [-0.39, 0.29) is 0 Å². The van der Waals surface area contributed by atoms with Gasteiger partial charge in [0.05, 0.1) is 23.3 Å². The van der Waals surface area contributed by atoms with Crippen LogP contribution in [0.3, 0.4) is 0 Å². The minimum atomic E-state index is 0.558. The Morgan fingerprint density at radius 2 is 1.92 bits per heavy atom. The molecule has 0 aliphatic rings. The third-order valence-corrected chi connectivity index (χ3v) is 3.72. The number of aromatic amines is 1. The third-order valence-electron chi connectivity index (χ3n) is 3.72. The van der Waals surface area contributed by atoms with E-state index in [0.717, 1.165) is 33.9 Å². The first-order valence-electron chi connectivity index (χ1n) is 7.63. The van der Waals surface area contributed by atoms with Gasteiger partial charge >= 0.3 is 0 Å². The number of imidazole rings is 1. The number of rotatable bonds is 4. The fourth-order valence-electron chi connectivity index (χ4n) is 2.57. The Kier molecular flexibility index (Phi) is 3.55. The first-order valence-corrected chi connectivity index (χ1v) is 7.63. The molecule has 0 unspecified atom stereocenters. The molecule has 0 bridgehead atoms. The second kappa shape index (κ2) is 6.00. The number of hydrogen-bond acceptors (Lipinski definition) is 5. The molecular formula is C18H16N6. The normalized spacial score (nSPS) is 10.8. The summed E-state index contributed by atoms with van der Waals surface area (Å²) in [6.45, 7) is 0.558. The SMILES string of the molecule is Nc1cccc(-c2cc(NCc3nc4ccccc4[nH]3)ncn2)c1. The molecule has 2 heterocycles. The standard InChI is InChI=1S/C18H16N6/c19-13-5-3-4-12(8-13)16-9-17(22-11-21-16)20-10-18-23-14-6-1-2-7-15(14)24-18/h1-9,11H,10,19H2,(H,23,24)(H,20,21,22). The summed E-state index contributed by atoms with van der Waals surface area (Å²) < 4.78 is 0. The molecule has 0 amide bonds. The Morgan fingerprint density at radius 3 is 2.79 bits per heavy atom. The molecule has 6 nitrogen and oxygen atoms in total. The number of hydrogen-bond donors (Lipinski definition) is 3. The van der Waals surface area contributed by atoms with Crippen LogP contribution in [-0.4, -0.2) is 19.9 Å². The maximum atomic E-state index is 5.83. The fraction of sp³-hybridized carbons (Fsp3) is 0.0556. The van der Waals surface area contributed by atoms with Crippen molar-refractivity contribution in [1.82, 2.24) is 19.9 Å². The van der Waals surface area contributed by atoms with E-state index in [9.17, 15) is 0 Å². The van der Waals surface area contributed by atoms with Gasteiger partial charge < -0.3 is 16.0 Å². The summed E-state index contributed by atoms with van der Waals surface area (Å²) in [6, 6.07) is 17.5. The zero-order valence-electron chi connectivity index (χ0n) is 12.9. The van der Waals surface area contributed by atoms with Gasteiger partial charge in [-0.2, -0.15) is 0 Å². The first kappa shape index (κ1) is 14.2. The van der Waals surface area contributed by atoms with Crippen molar-refractivity contribution in [3.05, 3.63) is 66.7 Å². The number of para-hydroxylation sites is 2. The molecule has 2 aromatic carbocycles. The van der Waals surface area contributed by atoms with Crippen molar-refractivity contribution >= 4 is 22.5 Å². The van der Waals surface area contributed by atoms with Gasteiger partial charge in [0.15, 0.2) is 0 Å². The van der Waals surface area contributed by atoms with Crippen LogP contribution in [0.25, 0.3) is 22.3 Å². The van der Waals surface area contributed by atoms with Gasteiger partial charge in [0.1, 0.15) is 18.0 Å². The molecule has 0 aliphatic heterocycles. The average Bonchev–Trinajstić information content (AvgIpc) is 3.03. The van der Waals surface area contributed by atoms with Crippen LogP contribution in [0.1, 0.15) is 5.82 Å². The largest absolute Gasteiger partial charge is 0.399 e. The highest BCUT2D eigenvalue weighted by Crippen LogP contribution is 2.21. The maximum Gasteiger partial charge on any atom is 0.130 e. The van der Waals surface area contributed by atoms with Crippen LogP contribution in [0.4, 0.5) is 11.5 Å². The first-order chi connectivity index (χ1) is 11.8. The molecule has 4 N–H and O–H groups in total. The number of nitrogens with two attached hydrogens (primary N) is 1. The lowest BCUT2D eigenvalue weighted by Gasteiger charge is -2.06. The van der Waals surface area contributed by atoms with E-state index < -0.39 is 0 Å². The van der Waals surface area contributed by atoms with Crippen LogP contribution in [-0.2, 0) is 6.54 Å². The van der Waals surface area contributed by atoms with E-state index in [0.29, 0.717) is 12.2 Å². The molecule has 0 saturated carbocycles. The van der Waals surface area contributed by atoms with Gasteiger partial charge in [0.2, 0.25) is 0 Å². The zero-order valence-corrected chi connectivity index (χ0v) is 12.9. The highest BCUT2D eigenvalue weighted by atomic mass is 15.0. The smallest absolute Gasteiger partial charge is 0.130 e. The highest BCUT2D eigenvalue weighted by molar-refractivity contribution is 5.74. The third kappa shape index (κ3) is 2.89. The number of H-pyrrole nitrogens is 1. The van der Waals surface area contributed by atoms with Gasteiger partial charge in [-0.05, 0) is 24.3 Å². The molecule has 4 aromatic rings. The lowest BCUT2D eigenvalue weighted by atomic mass is 10.1. The van der Waals surface area contributed by atoms with Gasteiger partial charge in [-0.15, -0.1) is 0 Å². The van der Waals surface area contributed by atoms with Crippen LogP contribution in [0.2, 0.25) is 0 Å². The Hall–Kier alpha value is -3.41. The number of nitrogens with one attached hydrogen (secondary N) is 2. The molecule has 0 fully saturated rings. The summed E-state index contributed by atoms with van der Waals surface area (Å²) >= 11 is 0. The lowest BCUT2D eigenvalue weighted by Crippen LogP contribution is -2.03. The molecule has 0 saturated heterocycles. The summed E-state index contributed by atoms with van der Waals surface area (Å²) in [5.74, 6) is 1.60. The van der Waals surface area contributed by atoms with Crippen molar-refractivity contribution in [1.29, 1.82) is 0 Å². The fourth-order valence-corrected chi connectivity index (χ4v) is 2.57. The van der Waals surface area contributed by atoms with Crippen LogP contribution in [0, 0.1) is 0 Å². The molecular weight excluding hydrogens is 300 g/mol. The molecule has 0 radical (unpaired) electrons. The molecule has 4 rings (SSSR count). The van der Waals surface area contributed by atoms with E-state index in [1.165, 1.54) is 0 Å². The Bertz CT molecular complexity index is 958. The van der Waals surface area contributed by atoms with Gasteiger partial charge in [-0.1, -0.05) is 24.3 Å². The Morgan fingerprint density at radius 1 is 1.00 bits per heavy atom. The topological polar surface area (TPSA) is 92.5 Å². The molecule has 0 spiro atoms. The quantitative estimate of drug-likeness (QED) is 0.503. The van der Waals surface area contributed by atoms with Crippen molar-refractivity contribution in [2.24, 2.45) is 0 Å². The van der Waals surface area contributed by atoms with Crippen LogP contribution >= 0.6 is 0 Å². The lowest BCUT2D eigenvalue weighted by molar-refractivity contribution is 0.992. The summed E-state index contributed by atoms with van der Waals surface area (Å²) in [4.78, 5) is 16.4. The van der Waals surface area contributed by atoms with Crippen molar-refractivity contribution in [3.63, 3.8) is 0 Å². The minimum absolute atomic E-state index is 0.558. The monoisotopic (exact) mass is 316 g/mol. The number of fused-ring (bicyclic) bond motifs is 1. The Labute approximate surface area is 138 Å². The maximum absolute atomic E-state index is 5.83. The number of benzene rings is 2. The van der Waals surface area contributed by atoms with Crippen LogP contribution < -0.4 is 11.1 Å². The highest BCUT2D eigenvalue weighted by Gasteiger charge is 2.05. The van der Waals surface area contributed by atoms with E-state index in [1.807, 2.05) is 54.6 Å². The summed E-state index contributed by atoms with van der Waals surface area (Å²) in [5.41, 5.74) is 10.3. The molecule has 0 atom stereocenters. The molecule has 2 aromatic heterocycles. The predicted molar refractivity (Wildman–Crippen MR) is 95.3 cm³/mol. The van der Waals surface area contributed by atoms with Crippen molar-refractivity contribution in [3.8, 4) is 11.3 Å². The molecule has 6 heteroatoms. The second-order valence-corrected chi connectivity index (χ2v) is 5.47. The van der Waals surface area contributed by atoms with E-state index >= 15 is 0 Å². The predicted octanol–water partition coefficient (Wildman–Crippen LogP) is 3.21. The number of nitrogen functional groups attached to an aromatic ring is 1. The number of aromatic nitrogens is 4. The average molecular weight is 316 g/mol. The Balaban J connectivity index is 1.53.